The van der Waals surface area contributed by atoms with Crippen LogP contribution in [0.1, 0.15) is 29.7 Å². The third-order valence-corrected chi connectivity index (χ3v) is 3.49. The molecule has 0 fully saturated rings. The van der Waals surface area contributed by atoms with Crippen molar-refractivity contribution in [1.29, 1.82) is 0 Å². The largest absolute Gasteiger partial charge is 0.361 e. The lowest BCUT2D eigenvalue weighted by molar-refractivity contribution is -0.122. The van der Waals surface area contributed by atoms with Gasteiger partial charge >= 0.3 is 0 Å². The van der Waals surface area contributed by atoms with E-state index in [1.807, 2.05) is 36.4 Å². The molecule has 1 aliphatic rings. The van der Waals surface area contributed by atoms with E-state index in [1.54, 1.807) is 6.07 Å². The Bertz CT molecular complexity index is 704. The molecule has 3 heteroatoms. The minimum Gasteiger partial charge on any atom is -0.361 e. The van der Waals surface area contributed by atoms with Gasteiger partial charge in [0.15, 0.2) is 5.78 Å². The van der Waals surface area contributed by atoms with Gasteiger partial charge in [-0.25, -0.2) is 4.39 Å². The zero-order chi connectivity index (χ0) is 14.8. The van der Waals surface area contributed by atoms with Gasteiger partial charge < -0.3 is 4.74 Å². The van der Waals surface area contributed by atoms with Crippen LogP contribution in [0.25, 0.3) is 11.6 Å². The number of benzene rings is 2. The zero-order valence-electron chi connectivity index (χ0n) is 11.7. The summed E-state index contributed by atoms with van der Waals surface area (Å²) in [5.74, 6) is -0.347. The predicted molar refractivity (Wildman–Crippen MR) is 80.1 cm³/mol. The summed E-state index contributed by atoms with van der Waals surface area (Å²) in [6.45, 7) is 1.50. The Morgan fingerprint density at radius 3 is 2.67 bits per heavy atom. The molecule has 0 radical (unpaired) electrons. The second-order valence-electron chi connectivity index (χ2n) is 5.13. The normalized spacial score (nSPS) is 16.5. The average Bonchev–Trinajstić information content (AvgIpc) is 2.84. The summed E-state index contributed by atoms with van der Waals surface area (Å²) in [6, 6.07) is 14.5. The third kappa shape index (κ3) is 2.78. The van der Waals surface area contributed by atoms with Gasteiger partial charge in [0.2, 0.25) is 0 Å². The quantitative estimate of drug-likeness (QED) is 0.846. The molecular weight excluding hydrogens is 267 g/mol. The number of carbonyl (C=O) groups excluding carboxylic acids is 1. The Morgan fingerprint density at radius 2 is 1.95 bits per heavy atom. The lowest BCUT2D eigenvalue weighted by Gasteiger charge is -2.17. The molecule has 2 nitrogen and oxygen atoms in total. The highest BCUT2D eigenvalue weighted by molar-refractivity contribution is 5.90. The van der Waals surface area contributed by atoms with Gasteiger partial charge in [0.05, 0.1) is 0 Å². The smallest absolute Gasteiger partial charge is 0.155 e. The minimum absolute atomic E-state index is 0.0186. The highest BCUT2D eigenvalue weighted by Gasteiger charge is 2.27. The first-order chi connectivity index (χ1) is 10.1. The van der Waals surface area contributed by atoms with Crippen molar-refractivity contribution in [2.45, 2.75) is 13.0 Å². The molecule has 21 heavy (non-hydrogen) atoms. The maximum absolute atomic E-state index is 13.5. The summed E-state index contributed by atoms with van der Waals surface area (Å²) in [4.78, 5) is 11.2. The Morgan fingerprint density at radius 1 is 1.19 bits per heavy atom. The first-order valence-corrected chi connectivity index (χ1v) is 6.82. The van der Waals surface area contributed by atoms with E-state index in [2.05, 4.69) is 0 Å². The maximum Gasteiger partial charge on any atom is 0.155 e. The van der Waals surface area contributed by atoms with E-state index in [0.717, 1.165) is 22.3 Å². The Kier molecular flexibility index (Phi) is 3.67. The Balaban J connectivity index is 2.01. The van der Waals surface area contributed by atoms with Crippen molar-refractivity contribution in [3.05, 3.63) is 71.0 Å². The SMILES string of the molecule is CC(=O)COC1C(c2ccccc2)=Cc2ccc(F)cc21. The van der Waals surface area contributed by atoms with Crippen LogP contribution in [0.3, 0.4) is 0 Å². The first kappa shape index (κ1) is 13.7. The van der Waals surface area contributed by atoms with Gasteiger partial charge in [0.1, 0.15) is 18.5 Å². The molecule has 0 saturated heterocycles. The van der Waals surface area contributed by atoms with E-state index < -0.39 is 6.10 Å². The topological polar surface area (TPSA) is 26.3 Å². The molecule has 1 aliphatic carbocycles. The summed E-state index contributed by atoms with van der Waals surface area (Å²) < 4.78 is 19.2. The van der Waals surface area contributed by atoms with Crippen LogP contribution in [-0.4, -0.2) is 12.4 Å². The van der Waals surface area contributed by atoms with Crippen molar-refractivity contribution in [2.24, 2.45) is 0 Å². The van der Waals surface area contributed by atoms with E-state index in [-0.39, 0.29) is 18.2 Å². The maximum atomic E-state index is 13.5. The lowest BCUT2D eigenvalue weighted by atomic mass is 10.0. The van der Waals surface area contributed by atoms with Gasteiger partial charge in [-0.1, -0.05) is 36.4 Å². The molecular formula is C18H15FO2. The van der Waals surface area contributed by atoms with Crippen molar-refractivity contribution in [3.63, 3.8) is 0 Å². The van der Waals surface area contributed by atoms with Gasteiger partial charge in [0.25, 0.3) is 0 Å². The molecule has 1 unspecified atom stereocenters. The van der Waals surface area contributed by atoms with Crippen LogP contribution in [0.4, 0.5) is 4.39 Å². The van der Waals surface area contributed by atoms with Crippen LogP contribution in [0, 0.1) is 5.82 Å². The predicted octanol–water partition coefficient (Wildman–Crippen LogP) is 4.03. The van der Waals surface area contributed by atoms with Gasteiger partial charge in [-0.3, -0.25) is 4.79 Å². The molecule has 0 saturated carbocycles. The zero-order valence-corrected chi connectivity index (χ0v) is 11.7. The summed E-state index contributed by atoms with van der Waals surface area (Å²) in [5.41, 5.74) is 3.68. The summed E-state index contributed by atoms with van der Waals surface area (Å²) in [5, 5.41) is 0. The molecule has 0 spiro atoms. The number of Topliss-reactive ketones (excluding diaryl/α,β-unsaturated/α-hetero) is 1. The highest BCUT2D eigenvalue weighted by atomic mass is 19.1. The molecule has 2 aromatic rings. The molecule has 0 amide bonds. The second kappa shape index (κ2) is 5.62. The van der Waals surface area contributed by atoms with Crippen molar-refractivity contribution < 1.29 is 13.9 Å². The lowest BCUT2D eigenvalue weighted by Crippen LogP contribution is -2.10. The Labute approximate surface area is 122 Å². The highest BCUT2D eigenvalue weighted by Crippen LogP contribution is 2.42. The molecule has 106 valence electrons. The summed E-state index contributed by atoms with van der Waals surface area (Å²) in [6.07, 6.45) is 1.59. The van der Waals surface area contributed by atoms with Crippen molar-refractivity contribution in [1.82, 2.24) is 0 Å². The van der Waals surface area contributed by atoms with Crippen LogP contribution in [-0.2, 0) is 9.53 Å². The Hall–Kier alpha value is -2.26. The van der Waals surface area contributed by atoms with Crippen LogP contribution in [0.2, 0.25) is 0 Å². The van der Waals surface area contributed by atoms with Crippen molar-refractivity contribution >= 4 is 17.4 Å². The van der Waals surface area contributed by atoms with Crippen molar-refractivity contribution in [2.75, 3.05) is 6.61 Å². The number of halogens is 1. The monoisotopic (exact) mass is 282 g/mol. The number of fused-ring (bicyclic) bond motifs is 1. The van der Waals surface area contributed by atoms with E-state index in [9.17, 15) is 9.18 Å². The van der Waals surface area contributed by atoms with Gasteiger partial charge in [-0.2, -0.15) is 0 Å². The summed E-state index contributed by atoms with van der Waals surface area (Å²) in [7, 11) is 0. The number of carbonyl (C=O) groups is 1. The van der Waals surface area contributed by atoms with Crippen LogP contribution in [0.15, 0.2) is 48.5 Å². The summed E-state index contributed by atoms with van der Waals surface area (Å²) >= 11 is 0. The fourth-order valence-electron chi connectivity index (χ4n) is 2.56. The molecule has 2 aromatic carbocycles. The van der Waals surface area contributed by atoms with Gasteiger partial charge in [-0.05, 0) is 47.4 Å². The van der Waals surface area contributed by atoms with Crippen molar-refractivity contribution in [3.8, 4) is 0 Å². The number of hydrogen-bond acceptors (Lipinski definition) is 2. The molecule has 0 heterocycles. The van der Waals surface area contributed by atoms with Crippen LogP contribution < -0.4 is 0 Å². The third-order valence-electron chi connectivity index (χ3n) is 3.49. The van der Waals surface area contributed by atoms with Crippen LogP contribution >= 0.6 is 0 Å². The molecule has 0 bridgehead atoms. The number of hydrogen-bond donors (Lipinski definition) is 0. The molecule has 0 aromatic heterocycles. The minimum atomic E-state index is -0.401. The molecule has 3 rings (SSSR count). The van der Waals surface area contributed by atoms with Crippen LogP contribution in [0.5, 0.6) is 0 Å². The first-order valence-electron chi connectivity index (χ1n) is 6.82. The fraction of sp³-hybridized carbons (Fsp3) is 0.167. The fourth-order valence-corrected chi connectivity index (χ4v) is 2.56. The molecule has 0 N–H and O–H groups in total. The number of rotatable bonds is 4. The standard InChI is InChI=1S/C18H15FO2/c1-12(20)11-21-18-16(13-5-3-2-4-6-13)9-14-7-8-15(19)10-17(14)18/h2-10,18H,11H2,1H3. The van der Waals surface area contributed by atoms with Gasteiger partial charge in [0, 0.05) is 0 Å². The van der Waals surface area contributed by atoms with Gasteiger partial charge in [-0.15, -0.1) is 0 Å². The average molecular weight is 282 g/mol. The number of ether oxygens (including phenoxy) is 1. The molecule has 1 atom stereocenters. The van der Waals surface area contributed by atoms with E-state index in [0.29, 0.717) is 0 Å². The van der Waals surface area contributed by atoms with E-state index in [1.165, 1.54) is 19.1 Å². The number of ketones is 1. The van der Waals surface area contributed by atoms with E-state index >= 15 is 0 Å². The molecule has 0 aliphatic heterocycles. The second-order valence-corrected chi connectivity index (χ2v) is 5.13. The van der Waals surface area contributed by atoms with E-state index in [4.69, 9.17) is 4.74 Å².